The monoisotopic (exact) mass is 293 g/mol. The Labute approximate surface area is 121 Å². The van der Waals surface area contributed by atoms with Crippen LogP contribution in [0.4, 0.5) is 0 Å². The quantitative estimate of drug-likeness (QED) is 0.333. The van der Waals surface area contributed by atoms with Gasteiger partial charge in [0.2, 0.25) is 6.10 Å². The molecule has 2 rings (SSSR count). The van der Waals surface area contributed by atoms with Gasteiger partial charge in [-0.2, -0.15) is 0 Å². The molecule has 0 aromatic carbocycles. The third-order valence-corrected chi connectivity index (χ3v) is 3.59. The molecule has 21 heavy (non-hydrogen) atoms. The van der Waals surface area contributed by atoms with E-state index >= 15 is 0 Å². The fourth-order valence-corrected chi connectivity index (χ4v) is 2.43. The maximum absolute atomic E-state index is 11.7. The molecular formula is C14H15NO6. The van der Waals surface area contributed by atoms with Gasteiger partial charge < -0.3 is 14.2 Å². The maximum atomic E-state index is 11.7. The van der Waals surface area contributed by atoms with Crippen molar-refractivity contribution in [1.82, 2.24) is 0 Å². The second-order valence-corrected chi connectivity index (χ2v) is 5.18. The number of rotatable bonds is 4. The van der Waals surface area contributed by atoms with E-state index in [9.17, 15) is 14.4 Å². The van der Waals surface area contributed by atoms with Crippen molar-refractivity contribution in [3.05, 3.63) is 23.6 Å². The number of nitrogens with zero attached hydrogens (tertiary/aromatic N) is 1. The van der Waals surface area contributed by atoms with Crippen LogP contribution in [0.2, 0.25) is 0 Å². The van der Waals surface area contributed by atoms with Crippen molar-refractivity contribution in [1.29, 1.82) is 0 Å². The molecule has 0 N–H and O–H groups in total. The number of hydrogen-bond donors (Lipinski definition) is 0. The molecule has 1 saturated heterocycles. The van der Waals surface area contributed by atoms with E-state index in [4.69, 9.17) is 16.0 Å². The molecule has 3 unspecified atom stereocenters. The smallest absolute Gasteiger partial charge is 0.414 e. The second-order valence-electron chi connectivity index (χ2n) is 5.18. The van der Waals surface area contributed by atoms with Crippen LogP contribution in [-0.2, 0) is 28.6 Å². The van der Waals surface area contributed by atoms with Gasteiger partial charge in [-0.1, -0.05) is 6.58 Å². The highest BCUT2D eigenvalue weighted by atomic mass is 16.6. The van der Waals surface area contributed by atoms with Crippen molar-refractivity contribution in [3.8, 4) is 0 Å². The van der Waals surface area contributed by atoms with Crippen molar-refractivity contribution in [2.24, 2.45) is 5.92 Å². The number of hydrogen-bond acceptors (Lipinski definition) is 6. The zero-order valence-corrected chi connectivity index (χ0v) is 11.6. The van der Waals surface area contributed by atoms with Gasteiger partial charge in [0.1, 0.15) is 0 Å². The van der Waals surface area contributed by atoms with Gasteiger partial charge in [0, 0.05) is 12.0 Å². The highest BCUT2D eigenvalue weighted by Gasteiger charge is 2.61. The molecule has 0 aromatic rings. The van der Waals surface area contributed by atoms with E-state index < -0.39 is 30.4 Å². The Morgan fingerprint density at radius 1 is 1.57 bits per heavy atom. The third-order valence-electron chi connectivity index (χ3n) is 3.59. The predicted octanol–water partition coefficient (Wildman–Crippen LogP) is 0.990. The maximum Gasteiger partial charge on any atom is 0.414 e. The molecular weight excluding hydrogens is 278 g/mol. The van der Waals surface area contributed by atoms with Crippen LogP contribution in [0.1, 0.15) is 26.2 Å². The van der Waals surface area contributed by atoms with Gasteiger partial charge in [0.25, 0.3) is 0 Å². The first kappa shape index (κ1) is 15.0. The Morgan fingerprint density at radius 2 is 2.29 bits per heavy atom. The summed E-state index contributed by atoms with van der Waals surface area (Å²) in [5.74, 6) is -2.12. The Balaban J connectivity index is 1.98. The van der Waals surface area contributed by atoms with Crippen LogP contribution in [0, 0.1) is 12.5 Å². The lowest BCUT2D eigenvalue weighted by Crippen LogP contribution is -2.46. The number of ether oxygens (including phenoxy) is 3. The molecule has 2 bridgehead atoms. The molecule has 2 aliphatic rings. The standard InChI is InChI=1S/C14H15NO6/c1-8(2)12(17)19-7-11(16)21-14(15-3)5-4-9-6-10(14)20-13(9)18/h9-10H,1,4-7H2,2H3. The Kier molecular flexibility index (Phi) is 3.98. The fraction of sp³-hybridized carbons (Fsp3) is 0.571. The predicted molar refractivity (Wildman–Crippen MR) is 68.4 cm³/mol. The van der Waals surface area contributed by atoms with E-state index in [-0.39, 0.29) is 23.9 Å². The highest BCUT2D eigenvalue weighted by molar-refractivity contribution is 5.88. The molecule has 7 nitrogen and oxygen atoms in total. The minimum Gasteiger partial charge on any atom is -0.450 e. The molecule has 0 amide bonds. The summed E-state index contributed by atoms with van der Waals surface area (Å²) < 4.78 is 14.9. The van der Waals surface area contributed by atoms with Crippen LogP contribution >= 0.6 is 0 Å². The number of esters is 3. The zero-order valence-electron chi connectivity index (χ0n) is 11.6. The normalized spacial score (nSPS) is 30.0. The van der Waals surface area contributed by atoms with Gasteiger partial charge in [-0.25, -0.2) is 16.2 Å². The largest absolute Gasteiger partial charge is 0.450 e. The Hall–Kier alpha value is -2.36. The van der Waals surface area contributed by atoms with Crippen molar-refractivity contribution < 1.29 is 28.6 Å². The van der Waals surface area contributed by atoms with E-state index in [1.165, 1.54) is 6.92 Å². The Morgan fingerprint density at radius 3 is 2.90 bits per heavy atom. The summed E-state index contributed by atoms with van der Waals surface area (Å²) in [4.78, 5) is 37.8. The van der Waals surface area contributed by atoms with Gasteiger partial charge in [-0.05, 0) is 13.3 Å². The second kappa shape index (κ2) is 5.56. The van der Waals surface area contributed by atoms with Crippen molar-refractivity contribution in [2.75, 3.05) is 6.61 Å². The molecule has 1 heterocycles. The van der Waals surface area contributed by atoms with Crippen molar-refractivity contribution >= 4 is 17.9 Å². The topological polar surface area (TPSA) is 83.3 Å². The summed E-state index contributed by atoms with van der Waals surface area (Å²) in [6, 6.07) is 0. The molecule has 1 aliphatic carbocycles. The molecule has 0 aromatic heterocycles. The summed E-state index contributed by atoms with van der Waals surface area (Å²) in [6.45, 7) is 11.5. The van der Waals surface area contributed by atoms with Crippen LogP contribution in [0.15, 0.2) is 12.2 Å². The van der Waals surface area contributed by atoms with Gasteiger partial charge >= 0.3 is 23.6 Å². The van der Waals surface area contributed by atoms with E-state index in [0.717, 1.165) is 0 Å². The molecule has 3 atom stereocenters. The van der Waals surface area contributed by atoms with Gasteiger partial charge in [0.15, 0.2) is 6.61 Å². The summed E-state index contributed by atoms with van der Waals surface area (Å²) in [7, 11) is 0. The first-order valence-corrected chi connectivity index (χ1v) is 6.51. The van der Waals surface area contributed by atoms with Gasteiger partial charge in [-0.3, -0.25) is 9.64 Å². The van der Waals surface area contributed by atoms with E-state index in [2.05, 4.69) is 16.2 Å². The molecule has 2 fully saturated rings. The molecule has 1 saturated carbocycles. The minimum absolute atomic E-state index is 0.160. The molecule has 7 heteroatoms. The van der Waals surface area contributed by atoms with Crippen LogP contribution < -0.4 is 0 Å². The average molecular weight is 293 g/mol. The third kappa shape index (κ3) is 2.89. The lowest BCUT2D eigenvalue weighted by Gasteiger charge is -2.28. The van der Waals surface area contributed by atoms with Crippen LogP contribution in [0.3, 0.4) is 0 Å². The van der Waals surface area contributed by atoms with Crippen LogP contribution in [0.5, 0.6) is 0 Å². The SMILES string of the molecule is [C-]#[N+]C1(OC(=O)COC(=O)C(=C)C)CCC2CC1OC2=O. The summed E-state index contributed by atoms with van der Waals surface area (Å²) in [5, 5.41) is 0. The molecule has 0 radical (unpaired) electrons. The van der Waals surface area contributed by atoms with Crippen molar-refractivity contribution in [3.63, 3.8) is 0 Å². The summed E-state index contributed by atoms with van der Waals surface area (Å²) in [5.41, 5.74) is -1.34. The molecule has 0 spiro atoms. The number of fused-ring (bicyclic) bond motifs is 2. The summed E-state index contributed by atoms with van der Waals surface area (Å²) >= 11 is 0. The molecule has 1 aliphatic heterocycles. The Bertz CT molecular complexity index is 548. The molecule has 112 valence electrons. The minimum atomic E-state index is -1.50. The fourth-order valence-electron chi connectivity index (χ4n) is 2.43. The lowest BCUT2D eigenvalue weighted by molar-refractivity contribution is -0.178. The lowest BCUT2D eigenvalue weighted by atomic mass is 9.84. The van der Waals surface area contributed by atoms with Gasteiger partial charge in [0.05, 0.1) is 12.3 Å². The number of carbonyl (C=O) groups excluding carboxylic acids is 3. The first-order valence-electron chi connectivity index (χ1n) is 6.51. The van der Waals surface area contributed by atoms with E-state index in [1.807, 2.05) is 0 Å². The highest BCUT2D eigenvalue weighted by Crippen LogP contribution is 2.43. The van der Waals surface area contributed by atoms with Crippen LogP contribution in [0.25, 0.3) is 4.85 Å². The first-order chi connectivity index (χ1) is 9.88. The average Bonchev–Trinajstić information content (AvgIpc) is 2.77. The summed E-state index contributed by atoms with van der Waals surface area (Å²) in [6.07, 6.45) is 0.302. The van der Waals surface area contributed by atoms with Crippen molar-refractivity contribution in [2.45, 2.75) is 38.0 Å². The zero-order chi connectivity index (χ0) is 15.6. The van der Waals surface area contributed by atoms with E-state index in [1.54, 1.807) is 0 Å². The van der Waals surface area contributed by atoms with Crippen LogP contribution in [-0.4, -0.2) is 36.3 Å². The van der Waals surface area contributed by atoms with E-state index in [0.29, 0.717) is 12.8 Å². The number of carbonyl (C=O) groups is 3. The van der Waals surface area contributed by atoms with Gasteiger partial charge in [-0.15, -0.1) is 0 Å².